The van der Waals surface area contributed by atoms with Gasteiger partial charge in [-0.3, -0.25) is 4.98 Å². The van der Waals surface area contributed by atoms with E-state index in [-0.39, 0.29) is 12.6 Å². The van der Waals surface area contributed by atoms with E-state index in [1.807, 2.05) is 25.1 Å². The molecule has 1 atom stereocenters. The van der Waals surface area contributed by atoms with E-state index in [2.05, 4.69) is 49.0 Å². The maximum Gasteiger partial charge on any atom is 0.154 e. The maximum atomic E-state index is 10.1. The van der Waals surface area contributed by atoms with Crippen molar-refractivity contribution in [3.63, 3.8) is 0 Å². The number of piperazine rings is 1. The first kappa shape index (κ1) is 23.1. The molecule has 0 saturated carbocycles. The molecule has 1 aromatic carbocycles. The van der Waals surface area contributed by atoms with E-state index in [9.17, 15) is 10.2 Å². The minimum atomic E-state index is -1.01. The van der Waals surface area contributed by atoms with Gasteiger partial charge in [0.1, 0.15) is 11.4 Å². The van der Waals surface area contributed by atoms with Gasteiger partial charge in [0.05, 0.1) is 30.4 Å². The molecule has 1 aliphatic heterocycles. The Balaban J connectivity index is 1.50. The highest BCUT2D eigenvalue weighted by Gasteiger charge is 2.28. The summed E-state index contributed by atoms with van der Waals surface area (Å²) in [6.07, 6.45) is 4.02. The molecule has 1 fully saturated rings. The maximum absolute atomic E-state index is 10.1. The van der Waals surface area contributed by atoms with Gasteiger partial charge < -0.3 is 20.0 Å². The monoisotopic (exact) mass is 448 g/mol. The van der Waals surface area contributed by atoms with E-state index in [0.29, 0.717) is 12.1 Å². The van der Waals surface area contributed by atoms with Gasteiger partial charge in [-0.25, -0.2) is 4.98 Å². The standard InChI is InChI=1S/C25H32N6O2/c1-17-15-30(10-11-31(17)23-14-26-22(13-27-23)25(3,4)33)24-18(2)20(16-32)21(28-29-24)12-19-8-6-5-7-9-19/h5-9,13-14,17,32-33H,10-12,15-16H2,1-4H3/t17-/m1/s1. The van der Waals surface area contributed by atoms with Crippen molar-refractivity contribution in [2.45, 2.75) is 52.4 Å². The molecule has 33 heavy (non-hydrogen) atoms. The van der Waals surface area contributed by atoms with E-state index >= 15 is 0 Å². The summed E-state index contributed by atoms with van der Waals surface area (Å²) in [6.45, 7) is 9.79. The molecule has 2 N–H and O–H groups in total. The number of aliphatic hydroxyl groups is 2. The zero-order chi connectivity index (χ0) is 23.6. The van der Waals surface area contributed by atoms with Crippen LogP contribution in [0.25, 0.3) is 0 Å². The van der Waals surface area contributed by atoms with Gasteiger partial charge in [-0.2, -0.15) is 5.10 Å². The first-order valence-electron chi connectivity index (χ1n) is 11.3. The molecule has 4 rings (SSSR count). The van der Waals surface area contributed by atoms with Gasteiger partial charge in [0.15, 0.2) is 5.82 Å². The van der Waals surface area contributed by atoms with E-state index < -0.39 is 5.60 Å². The lowest BCUT2D eigenvalue weighted by Crippen LogP contribution is -2.53. The van der Waals surface area contributed by atoms with Crippen LogP contribution in [0.15, 0.2) is 42.7 Å². The number of aromatic nitrogens is 4. The van der Waals surface area contributed by atoms with E-state index in [1.54, 1.807) is 26.2 Å². The Labute approximate surface area is 195 Å². The molecule has 0 aliphatic carbocycles. The fraction of sp³-hybridized carbons (Fsp3) is 0.440. The number of benzene rings is 1. The summed E-state index contributed by atoms with van der Waals surface area (Å²) < 4.78 is 0. The van der Waals surface area contributed by atoms with Crippen molar-refractivity contribution in [1.29, 1.82) is 0 Å². The molecule has 0 spiro atoms. The molecule has 2 aromatic heterocycles. The second kappa shape index (κ2) is 9.41. The summed E-state index contributed by atoms with van der Waals surface area (Å²) in [4.78, 5) is 13.4. The summed E-state index contributed by atoms with van der Waals surface area (Å²) in [5.74, 6) is 1.62. The van der Waals surface area contributed by atoms with Gasteiger partial charge in [0, 0.05) is 43.2 Å². The molecule has 0 bridgehead atoms. The molecule has 8 nitrogen and oxygen atoms in total. The van der Waals surface area contributed by atoms with Gasteiger partial charge in [0.2, 0.25) is 0 Å². The van der Waals surface area contributed by atoms with Gasteiger partial charge in [-0.05, 0) is 33.3 Å². The summed E-state index contributed by atoms with van der Waals surface area (Å²) in [5, 5.41) is 29.3. The third-order valence-corrected chi connectivity index (χ3v) is 6.26. The van der Waals surface area contributed by atoms with Crippen molar-refractivity contribution in [3.05, 3.63) is 70.8 Å². The van der Waals surface area contributed by atoms with Gasteiger partial charge in [0.25, 0.3) is 0 Å². The van der Waals surface area contributed by atoms with E-state index in [1.165, 1.54) is 0 Å². The van der Waals surface area contributed by atoms with Crippen molar-refractivity contribution < 1.29 is 10.2 Å². The average molecular weight is 449 g/mol. The van der Waals surface area contributed by atoms with Crippen molar-refractivity contribution in [2.75, 3.05) is 29.4 Å². The van der Waals surface area contributed by atoms with Crippen molar-refractivity contribution in [3.8, 4) is 0 Å². The Bertz CT molecular complexity index is 1080. The summed E-state index contributed by atoms with van der Waals surface area (Å²) >= 11 is 0. The van der Waals surface area contributed by atoms with Crippen LogP contribution in [0.3, 0.4) is 0 Å². The van der Waals surface area contributed by atoms with Crippen LogP contribution >= 0.6 is 0 Å². The van der Waals surface area contributed by atoms with Crippen LogP contribution in [0.4, 0.5) is 11.6 Å². The van der Waals surface area contributed by atoms with Crippen LogP contribution in [0.2, 0.25) is 0 Å². The SMILES string of the molecule is Cc1c(N2CCN(c3cnc(C(C)(C)O)cn3)[C@H](C)C2)nnc(Cc2ccccc2)c1CO. The van der Waals surface area contributed by atoms with Crippen molar-refractivity contribution in [1.82, 2.24) is 20.2 Å². The fourth-order valence-corrected chi connectivity index (χ4v) is 4.31. The number of rotatable bonds is 6. The highest BCUT2D eigenvalue weighted by Crippen LogP contribution is 2.27. The molecule has 8 heteroatoms. The topological polar surface area (TPSA) is 98.5 Å². The number of nitrogens with zero attached hydrogens (tertiary/aromatic N) is 6. The summed E-state index contributed by atoms with van der Waals surface area (Å²) in [6, 6.07) is 10.3. The fourth-order valence-electron chi connectivity index (χ4n) is 4.31. The van der Waals surface area contributed by atoms with Gasteiger partial charge >= 0.3 is 0 Å². The van der Waals surface area contributed by atoms with Gasteiger partial charge in [-0.1, -0.05) is 30.3 Å². The molecule has 1 saturated heterocycles. The third-order valence-electron chi connectivity index (χ3n) is 6.26. The molecule has 0 amide bonds. The number of anilines is 2. The highest BCUT2D eigenvalue weighted by atomic mass is 16.3. The second-order valence-electron chi connectivity index (χ2n) is 9.20. The number of hydrogen-bond donors (Lipinski definition) is 2. The summed E-state index contributed by atoms with van der Waals surface area (Å²) in [7, 11) is 0. The van der Waals surface area contributed by atoms with Crippen LogP contribution in [-0.4, -0.2) is 56.1 Å². The minimum absolute atomic E-state index is 0.0603. The van der Waals surface area contributed by atoms with E-state index in [4.69, 9.17) is 0 Å². The lowest BCUT2D eigenvalue weighted by atomic mass is 10.0. The lowest BCUT2D eigenvalue weighted by Gasteiger charge is -2.41. The predicted molar refractivity (Wildman–Crippen MR) is 128 cm³/mol. The van der Waals surface area contributed by atoms with Crippen LogP contribution in [0, 0.1) is 6.92 Å². The smallest absolute Gasteiger partial charge is 0.154 e. The normalized spacial score (nSPS) is 16.8. The second-order valence-corrected chi connectivity index (χ2v) is 9.20. The molecule has 3 aromatic rings. The van der Waals surface area contributed by atoms with Gasteiger partial charge in [-0.15, -0.1) is 5.10 Å². The molecular formula is C25H32N6O2. The van der Waals surface area contributed by atoms with Crippen LogP contribution in [0.5, 0.6) is 0 Å². The lowest BCUT2D eigenvalue weighted by molar-refractivity contribution is 0.0734. The van der Waals surface area contributed by atoms with Crippen molar-refractivity contribution in [2.24, 2.45) is 0 Å². The first-order valence-corrected chi connectivity index (χ1v) is 11.3. The Kier molecular flexibility index (Phi) is 6.58. The summed E-state index contributed by atoms with van der Waals surface area (Å²) in [5.41, 5.74) is 3.34. The predicted octanol–water partition coefficient (Wildman–Crippen LogP) is 2.60. The van der Waals surface area contributed by atoms with E-state index in [0.717, 1.165) is 53.7 Å². The highest BCUT2D eigenvalue weighted by molar-refractivity contribution is 5.53. The molecule has 3 heterocycles. The van der Waals surface area contributed by atoms with Crippen LogP contribution in [-0.2, 0) is 18.6 Å². The number of hydrogen-bond acceptors (Lipinski definition) is 8. The van der Waals surface area contributed by atoms with Crippen LogP contribution in [0.1, 0.15) is 48.8 Å². The Morgan fingerprint density at radius 2 is 1.82 bits per heavy atom. The Morgan fingerprint density at radius 1 is 1.06 bits per heavy atom. The molecular weight excluding hydrogens is 416 g/mol. The largest absolute Gasteiger partial charge is 0.392 e. The first-order chi connectivity index (χ1) is 15.8. The molecule has 174 valence electrons. The molecule has 0 unspecified atom stereocenters. The van der Waals surface area contributed by atoms with Crippen molar-refractivity contribution >= 4 is 11.6 Å². The van der Waals surface area contributed by atoms with Crippen LogP contribution < -0.4 is 9.80 Å². The average Bonchev–Trinajstić information content (AvgIpc) is 2.79. The Morgan fingerprint density at radius 3 is 2.42 bits per heavy atom. The zero-order valence-corrected chi connectivity index (χ0v) is 19.7. The zero-order valence-electron chi connectivity index (χ0n) is 19.7. The minimum Gasteiger partial charge on any atom is -0.392 e. The Hall–Kier alpha value is -3.10. The quantitative estimate of drug-likeness (QED) is 0.594. The molecule has 1 aliphatic rings. The third kappa shape index (κ3) is 4.96. The number of aliphatic hydroxyl groups excluding tert-OH is 1. The molecule has 0 radical (unpaired) electrons.